The zero-order valence-corrected chi connectivity index (χ0v) is 13.7. The highest BCUT2D eigenvalue weighted by Crippen LogP contribution is 2.21. The first-order chi connectivity index (χ1) is 10.6. The molecule has 2 N–H and O–H groups in total. The Morgan fingerprint density at radius 3 is 2.59 bits per heavy atom. The molecule has 0 amide bonds. The Hall–Kier alpha value is -1.88. The van der Waals surface area contributed by atoms with E-state index in [9.17, 15) is 4.79 Å². The smallest absolute Gasteiger partial charge is 0.253 e. The van der Waals surface area contributed by atoms with Gasteiger partial charge >= 0.3 is 0 Å². The van der Waals surface area contributed by atoms with E-state index < -0.39 is 0 Å². The molecule has 0 bridgehead atoms. The molecule has 0 radical (unpaired) electrons. The summed E-state index contributed by atoms with van der Waals surface area (Å²) in [5, 5.41) is 4.91. The Kier molecular flexibility index (Phi) is 5.55. The summed E-state index contributed by atoms with van der Waals surface area (Å²) in [6, 6.07) is 7.12. The van der Waals surface area contributed by atoms with Crippen molar-refractivity contribution < 1.29 is 4.79 Å². The number of unbranched alkanes of at least 4 members (excludes halogenated alkanes) is 1. The molecule has 0 fully saturated rings. The average Bonchev–Trinajstić information content (AvgIpc) is 2.90. The van der Waals surface area contributed by atoms with Crippen LogP contribution >= 0.6 is 11.6 Å². The van der Waals surface area contributed by atoms with Crippen LogP contribution in [0.4, 0.5) is 5.95 Å². The Labute approximate surface area is 135 Å². The standard InChI is InChI=1S/C16H21ClN4O/c1-3-5-6-11(4-2)15(22)21-16(18)19-14(20-21)12-7-9-13(17)10-8-12/h7-11H,3-6H2,1-2H3,(H2,18,19,20)/t11-/m0/s1. The van der Waals surface area contributed by atoms with E-state index in [1.165, 1.54) is 4.68 Å². The van der Waals surface area contributed by atoms with Crippen molar-refractivity contribution >= 4 is 23.5 Å². The Morgan fingerprint density at radius 1 is 1.32 bits per heavy atom. The van der Waals surface area contributed by atoms with Crippen LogP contribution in [0.3, 0.4) is 0 Å². The number of hydrogen-bond donors (Lipinski definition) is 1. The third kappa shape index (κ3) is 3.65. The molecule has 0 aliphatic heterocycles. The molecule has 0 unspecified atom stereocenters. The molecular weight excluding hydrogens is 300 g/mol. The van der Waals surface area contributed by atoms with Crippen LogP contribution in [0.15, 0.2) is 24.3 Å². The topological polar surface area (TPSA) is 73.8 Å². The van der Waals surface area contributed by atoms with Crippen molar-refractivity contribution in [2.24, 2.45) is 5.92 Å². The van der Waals surface area contributed by atoms with Crippen LogP contribution in [0.25, 0.3) is 11.4 Å². The maximum atomic E-state index is 12.6. The lowest BCUT2D eigenvalue weighted by Gasteiger charge is -2.12. The van der Waals surface area contributed by atoms with Crippen molar-refractivity contribution in [2.45, 2.75) is 39.5 Å². The molecule has 0 aliphatic rings. The lowest BCUT2D eigenvalue weighted by atomic mass is 9.99. The number of nitrogens with two attached hydrogens (primary N) is 1. The Balaban J connectivity index is 2.25. The quantitative estimate of drug-likeness (QED) is 0.871. The average molecular weight is 321 g/mol. The third-order valence-electron chi connectivity index (χ3n) is 3.69. The summed E-state index contributed by atoms with van der Waals surface area (Å²) in [5.74, 6) is 0.418. The summed E-state index contributed by atoms with van der Waals surface area (Å²) in [5.41, 5.74) is 6.65. The van der Waals surface area contributed by atoms with E-state index in [1.54, 1.807) is 24.3 Å². The fourth-order valence-electron chi connectivity index (χ4n) is 2.33. The maximum absolute atomic E-state index is 12.6. The van der Waals surface area contributed by atoms with E-state index in [0.717, 1.165) is 31.2 Å². The van der Waals surface area contributed by atoms with Gasteiger partial charge in [0.2, 0.25) is 5.95 Å². The van der Waals surface area contributed by atoms with E-state index >= 15 is 0 Å². The van der Waals surface area contributed by atoms with Gasteiger partial charge in [0.1, 0.15) is 0 Å². The lowest BCUT2D eigenvalue weighted by molar-refractivity contribution is 0.0807. The van der Waals surface area contributed by atoms with E-state index in [1.807, 2.05) is 6.92 Å². The number of anilines is 1. The minimum atomic E-state index is -0.0823. The first-order valence-electron chi connectivity index (χ1n) is 7.59. The fourth-order valence-corrected chi connectivity index (χ4v) is 2.46. The van der Waals surface area contributed by atoms with Crippen LogP contribution in [0, 0.1) is 5.92 Å². The van der Waals surface area contributed by atoms with Crippen molar-refractivity contribution in [3.8, 4) is 11.4 Å². The number of carbonyl (C=O) groups excluding carboxylic acids is 1. The van der Waals surface area contributed by atoms with E-state index in [4.69, 9.17) is 17.3 Å². The minimum absolute atomic E-state index is 0.0676. The van der Waals surface area contributed by atoms with Gasteiger partial charge in [0.05, 0.1) is 0 Å². The van der Waals surface area contributed by atoms with Crippen molar-refractivity contribution in [2.75, 3.05) is 5.73 Å². The second-order valence-corrected chi connectivity index (χ2v) is 5.73. The summed E-state index contributed by atoms with van der Waals surface area (Å²) in [6.07, 6.45) is 3.70. The van der Waals surface area contributed by atoms with E-state index in [0.29, 0.717) is 10.8 Å². The van der Waals surface area contributed by atoms with Gasteiger partial charge in [-0.15, -0.1) is 5.10 Å². The van der Waals surface area contributed by atoms with Gasteiger partial charge in [0.15, 0.2) is 5.82 Å². The number of aromatic nitrogens is 3. The predicted octanol–water partition coefficient (Wildman–Crippen LogP) is 4.04. The monoisotopic (exact) mass is 320 g/mol. The van der Waals surface area contributed by atoms with Gasteiger partial charge in [0.25, 0.3) is 5.91 Å². The molecule has 2 rings (SSSR count). The van der Waals surface area contributed by atoms with Crippen LogP contribution in [0.2, 0.25) is 5.02 Å². The Morgan fingerprint density at radius 2 is 2.00 bits per heavy atom. The molecule has 118 valence electrons. The van der Waals surface area contributed by atoms with Gasteiger partial charge in [-0.25, -0.2) is 0 Å². The minimum Gasteiger partial charge on any atom is -0.368 e. The first-order valence-corrected chi connectivity index (χ1v) is 7.97. The van der Waals surface area contributed by atoms with Gasteiger partial charge < -0.3 is 5.73 Å². The SMILES string of the molecule is CCCC[C@H](CC)C(=O)n1nc(-c2ccc(Cl)cc2)nc1N. The van der Waals surface area contributed by atoms with E-state index in [2.05, 4.69) is 17.0 Å². The normalized spacial score (nSPS) is 12.3. The highest BCUT2D eigenvalue weighted by molar-refractivity contribution is 6.30. The number of benzene rings is 1. The second-order valence-electron chi connectivity index (χ2n) is 5.30. The van der Waals surface area contributed by atoms with Crippen LogP contribution in [0.5, 0.6) is 0 Å². The molecule has 2 aromatic rings. The summed E-state index contributed by atoms with van der Waals surface area (Å²) < 4.78 is 1.23. The first kappa shape index (κ1) is 16.5. The zero-order chi connectivity index (χ0) is 16.1. The Bertz CT molecular complexity index is 636. The predicted molar refractivity (Wildman–Crippen MR) is 88.8 cm³/mol. The molecule has 0 saturated heterocycles. The molecule has 22 heavy (non-hydrogen) atoms. The van der Waals surface area contributed by atoms with Crippen LogP contribution < -0.4 is 5.73 Å². The zero-order valence-electron chi connectivity index (χ0n) is 12.9. The van der Waals surface area contributed by atoms with Crippen molar-refractivity contribution in [1.82, 2.24) is 14.8 Å². The van der Waals surface area contributed by atoms with Gasteiger partial charge in [-0.2, -0.15) is 9.67 Å². The van der Waals surface area contributed by atoms with Crippen molar-refractivity contribution in [3.63, 3.8) is 0 Å². The van der Waals surface area contributed by atoms with Crippen LogP contribution in [-0.2, 0) is 0 Å². The number of nitrogen functional groups attached to an aromatic ring is 1. The van der Waals surface area contributed by atoms with E-state index in [-0.39, 0.29) is 17.8 Å². The highest BCUT2D eigenvalue weighted by Gasteiger charge is 2.22. The number of rotatable bonds is 6. The largest absolute Gasteiger partial charge is 0.368 e. The molecule has 1 heterocycles. The third-order valence-corrected chi connectivity index (χ3v) is 3.94. The summed E-state index contributed by atoms with van der Waals surface area (Å²) in [7, 11) is 0. The molecule has 5 nitrogen and oxygen atoms in total. The molecule has 1 aromatic carbocycles. The highest BCUT2D eigenvalue weighted by atomic mass is 35.5. The molecule has 0 saturated carbocycles. The van der Waals surface area contributed by atoms with Crippen LogP contribution in [0.1, 0.15) is 44.3 Å². The molecule has 1 atom stereocenters. The number of nitrogens with zero attached hydrogens (tertiary/aromatic N) is 3. The van der Waals surface area contributed by atoms with Crippen molar-refractivity contribution in [3.05, 3.63) is 29.3 Å². The van der Waals surface area contributed by atoms with Crippen LogP contribution in [-0.4, -0.2) is 20.7 Å². The summed E-state index contributed by atoms with van der Waals surface area (Å²) in [4.78, 5) is 16.8. The van der Waals surface area contributed by atoms with Gasteiger partial charge in [0, 0.05) is 16.5 Å². The molecule has 0 aliphatic carbocycles. The lowest BCUT2D eigenvalue weighted by Crippen LogP contribution is -2.24. The van der Waals surface area contributed by atoms with Gasteiger partial charge in [-0.3, -0.25) is 4.79 Å². The molecular formula is C16H21ClN4O. The molecule has 6 heteroatoms. The number of carbonyl (C=O) groups is 1. The second kappa shape index (κ2) is 7.40. The summed E-state index contributed by atoms with van der Waals surface area (Å²) >= 11 is 5.87. The van der Waals surface area contributed by atoms with Gasteiger partial charge in [-0.1, -0.05) is 38.3 Å². The fraction of sp³-hybridized carbons (Fsp3) is 0.438. The maximum Gasteiger partial charge on any atom is 0.253 e. The molecule has 0 spiro atoms. The summed E-state index contributed by atoms with van der Waals surface area (Å²) in [6.45, 7) is 4.12. The molecule has 1 aromatic heterocycles. The van der Waals surface area contributed by atoms with Gasteiger partial charge in [-0.05, 0) is 37.1 Å². The van der Waals surface area contributed by atoms with Crippen molar-refractivity contribution in [1.29, 1.82) is 0 Å². The number of hydrogen-bond acceptors (Lipinski definition) is 4. The number of halogens is 1.